The van der Waals surface area contributed by atoms with Crippen molar-refractivity contribution in [2.75, 3.05) is 13.2 Å². The molecule has 0 aromatic heterocycles. The molecule has 2 rings (SSSR count). The highest BCUT2D eigenvalue weighted by atomic mass is 16.5. The minimum absolute atomic E-state index is 0.561. The van der Waals surface area contributed by atoms with Gasteiger partial charge in [-0.2, -0.15) is 0 Å². The van der Waals surface area contributed by atoms with Crippen molar-refractivity contribution in [1.29, 1.82) is 0 Å². The summed E-state index contributed by atoms with van der Waals surface area (Å²) in [6.07, 6.45) is 15.8. The van der Waals surface area contributed by atoms with Crippen LogP contribution in [0.3, 0.4) is 0 Å². The van der Waals surface area contributed by atoms with Crippen molar-refractivity contribution in [3.05, 3.63) is 0 Å². The summed E-state index contributed by atoms with van der Waals surface area (Å²) >= 11 is 0. The van der Waals surface area contributed by atoms with E-state index in [4.69, 9.17) is 4.74 Å². The van der Waals surface area contributed by atoms with Gasteiger partial charge in [-0.25, -0.2) is 0 Å². The average Bonchev–Trinajstić information content (AvgIpc) is 2.65. The number of nitrogens with one attached hydrogen (secondary N) is 1. The Labute approximate surface area is 107 Å². The second-order valence-corrected chi connectivity index (χ2v) is 5.77. The van der Waals surface area contributed by atoms with Crippen LogP contribution in [0.5, 0.6) is 0 Å². The van der Waals surface area contributed by atoms with Gasteiger partial charge < -0.3 is 10.1 Å². The molecule has 0 radical (unpaired) electrons. The molecule has 2 saturated carbocycles. The van der Waals surface area contributed by atoms with Gasteiger partial charge in [-0.15, -0.1) is 0 Å². The summed E-state index contributed by atoms with van der Waals surface area (Å²) in [4.78, 5) is 0. The van der Waals surface area contributed by atoms with E-state index in [1.165, 1.54) is 70.6 Å². The SMILES string of the molecule is C1CCC(NCCOC2CCCCCC2)CC1. The summed E-state index contributed by atoms with van der Waals surface area (Å²) in [5, 5.41) is 3.65. The summed E-state index contributed by atoms with van der Waals surface area (Å²) in [7, 11) is 0. The van der Waals surface area contributed by atoms with Crippen LogP contribution in [0.25, 0.3) is 0 Å². The van der Waals surface area contributed by atoms with Crippen LogP contribution in [0.1, 0.15) is 70.6 Å². The lowest BCUT2D eigenvalue weighted by Crippen LogP contribution is -2.34. The van der Waals surface area contributed by atoms with Gasteiger partial charge >= 0.3 is 0 Å². The quantitative estimate of drug-likeness (QED) is 0.584. The first-order valence-electron chi connectivity index (χ1n) is 7.80. The van der Waals surface area contributed by atoms with Gasteiger partial charge in [0.25, 0.3) is 0 Å². The van der Waals surface area contributed by atoms with Crippen molar-refractivity contribution in [2.45, 2.75) is 82.8 Å². The smallest absolute Gasteiger partial charge is 0.0594 e. The maximum atomic E-state index is 5.99. The Morgan fingerprint density at radius 1 is 0.765 bits per heavy atom. The highest BCUT2D eigenvalue weighted by Crippen LogP contribution is 2.20. The number of ether oxygens (including phenoxy) is 1. The molecule has 2 aliphatic rings. The lowest BCUT2D eigenvalue weighted by molar-refractivity contribution is 0.0435. The van der Waals surface area contributed by atoms with E-state index in [0.717, 1.165) is 19.2 Å². The van der Waals surface area contributed by atoms with Crippen molar-refractivity contribution in [1.82, 2.24) is 5.32 Å². The minimum atomic E-state index is 0.561. The largest absolute Gasteiger partial charge is 0.377 e. The maximum Gasteiger partial charge on any atom is 0.0594 e. The first-order valence-corrected chi connectivity index (χ1v) is 7.80. The van der Waals surface area contributed by atoms with E-state index >= 15 is 0 Å². The molecule has 0 aromatic rings. The molecule has 0 atom stereocenters. The van der Waals surface area contributed by atoms with Crippen molar-refractivity contribution in [3.8, 4) is 0 Å². The molecule has 0 unspecified atom stereocenters. The highest BCUT2D eigenvalue weighted by molar-refractivity contribution is 4.71. The number of rotatable bonds is 5. The molecule has 0 bridgehead atoms. The fourth-order valence-corrected chi connectivity index (χ4v) is 3.20. The Kier molecular flexibility index (Phi) is 6.36. The standard InChI is InChI=1S/C15H29NO/c1-2-7-11-15(10-6-1)17-13-12-16-14-8-4-3-5-9-14/h14-16H,1-13H2. The Hall–Kier alpha value is -0.0800. The second kappa shape index (κ2) is 8.10. The van der Waals surface area contributed by atoms with E-state index < -0.39 is 0 Å². The van der Waals surface area contributed by atoms with E-state index in [1.807, 2.05) is 0 Å². The van der Waals surface area contributed by atoms with Gasteiger partial charge in [0.2, 0.25) is 0 Å². The molecule has 100 valence electrons. The average molecular weight is 239 g/mol. The molecular formula is C15H29NO. The lowest BCUT2D eigenvalue weighted by atomic mass is 9.96. The summed E-state index contributed by atoms with van der Waals surface area (Å²) in [6.45, 7) is 1.97. The molecule has 0 aromatic carbocycles. The molecule has 1 N–H and O–H groups in total. The molecule has 2 heteroatoms. The van der Waals surface area contributed by atoms with Gasteiger partial charge in [0.15, 0.2) is 0 Å². The first kappa shape index (κ1) is 13.4. The van der Waals surface area contributed by atoms with Crippen LogP contribution in [0, 0.1) is 0 Å². The van der Waals surface area contributed by atoms with E-state index in [-0.39, 0.29) is 0 Å². The van der Waals surface area contributed by atoms with Gasteiger partial charge in [-0.1, -0.05) is 44.9 Å². The van der Waals surface area contributed by atoms with Crippen molar-refractivity contribution >= 4 is 0 Å². The van der Waals surface area contributed by atoms with Gasteiger partial charge in [-0.3, -0.25) is 0 Å². The van der Waals surface area contributed by atoms with Crippen molar-refractivity contribution < 1.29 is 4.74 Å². The summed E-state index contributed by atoms with van der Waals surface area (Å²) in [6, 6.07) is 0.779. The zero-order valence-corrected chi connectivity index (χ0v) is 11.3. The summed E-state index contributed by atoms with van der Waals surface area (Å²) in [5.74, 6) is 0. The molecule has 2 fully saturated rings. The van der Waals surface area contributed by atoms with Crippen LogP contribution >= 0.6 is 0 Å². The minimum Gasteiger partial charge on any atom is -0.377 e. The molecule has 0 amide bonds. The normalized spacial score (nSPS) is 24.7. The Morgan fingerprint density at radius 3 is 2.06 bits per heavy atom. The lowest BCUT2D eigenvalue weighted by Gasteiger charge is -2.23. The summed E-state index contributed by atoms with van der Waals surface area (Å²) in [5.41, 5.74) is 0. The first-order chi connectivity index (χ1) is 8.45. The van der Waals surface area contributed by atoms with E-state index in [1.54, 1.807) is 0 Å². The third-order valence-electron chi connectivity index (χ3n) is 4.30. The summed E-state index contributed by atoms with van der Waals surface area (Å²) < 4.78 is 5.99. The molecule has 17 heavy (non-hydrogen) atoms. The van der Waals surface area contributed by atoms with E-state index in [2.05, 4.69) is 5.32 Å². The topological polar surface area (TPSA) is 21.3 Å². The Morgan fingerprint density at radius 2 is 1.35 bits per heavy atom. The van der Waals surface area contributed by atoms with Gasteiger partial charge in [-0.05, 0) is 25.7 Å². The molecule has 0 spiro atoms. The predicted octanol–water partition coefficient (Wildman–Crippen LogP) is 3.65. The fraction of sp³-hybridized carbons (Fsp3) is 1.00. The molecule has 0 aliphatic heterocycles. The third-order valence-corrected chi connectivity index (χ3v) is 4.30. The monoisotopic (exact) mass is 239 g/mol. The van der Waals surface area contributed by atoms with Crippen LogP contribution in [-0.4, -0.2) is 25.3 Å². The number of hydrogen-bond donors (Lipinski definition) is 1. The van der Waals surface area contributed by atoms with Gasteiger partial charge in [0.05, 0.1) is 12.7 Å². The van der Waals surface area contributed by atoms with Gasteiger partial charge in [0, 0.05) is 12.6 Å². The maximum absolute atomic E-state index is 5.99. The molecule has 0 heterocycles. The Balaban J connectivity index is 1.49. The van der Waals surface area contributed by atoms with Crippen LogP contribution in [0.4, 0.5) is 0 Å². The fourth-order valence-electron chi connectivity index (χ4n) is 3.20. The van der Waals surface area contributed by atoms with Gasteiger partial charge in [0.1, 0.15) is 0 Å². The molecule has 0 saturated heterocycles. The molecular weight excluding hydrogens is 210 g/mol. The van der Waals surface area contributed by atoms with E-state index in [0.29, 0.717) is 6.10 Å². The van der Waals surface area contributed by atoms with Crippen LogP contribution in [-0.2, 0) is 4.74 Å². The predicted molar refractivity (Wildman–Crippen MR) is 72.3 cm³/mol. The Bertz CT molecular complexity index is 181. The third kappa shape index (κ3) is 5.39. The van der Waals surface area contributed by atoms with Crippen LogP contribution < -0.4 is 5.32 Å². The highest BCUT2D eigenvalue weighted by Gasteiger charge is 2.14. The van der Waals surface area contributed by atoms with Crippen LogP contribution in [0.2, 0.25) is 0 Å². The zero-order chi connectivity index (χ0) is 11.8. The van der Waals surface area contributed by atoms with Crippen molar-refractivity contribution in [3.63, 3.8) is 0 Å². The molecule has 2 aliphatic carbocycles. The molecule has 2 nitrogen and oxygen atoms in total. The zero-order valence-electron chi connectivity index (χ0n) is 11.3. The number of hydrogen-bond acceptors (Lipinski definition) is 2. The van der Waals surface area contributed by atoms with Crippen LogP contribution in [0.15, 0.2) is 0 Å². The van der Waals surface area contributed by atoms with Crippen molar-refractivity contribution in [2.24, 2.45) is 0 Å². The van der Waals surface area contributed by atoms with E-state index in [9.17, 15) is 0 Å². The second-order valence-electron chi connectivity index (χ2n) is 5.77.